The standard InChI is InChI=1S/C15H20FN3O/c16-12-7-11(8-13(17)9-12)15(20)19-6-3-14(10-19)18-4-1-2-5-18/h7-9,14H,1-6,10,17H2. The van der Waals surface area contributed by atoms with Crippen molar-refractivity contribution in [3.8, 4) is 0 Å². The minimum Gasteiger partial charge on any atom is -0.399 e. The molecule has 0 aromatic heterocycles. The van der Waals surface area contributed by atoms with Gasteiger partial charge in [0.05, 0.1) is 0 Å². The summed E-state index contributed by atoms with van der Waals surface area (Å²) in [6, 6.07) is 4.51. The van der Waals surface area contributed by atoms with Gasteiger partial charge < -0.3 is 10.6 Å². The van der Waals surface area contributed by atoms with Crippen LogP contribution in [-0.4, -0.2) is 47.9 Å². The molecule has 3 rings (SSSR count). The van der Waals surface area contributed by atoms with Gasteiger partial charge in [0.25, 0.3) is 5.91 Å². The predicted octanol–water partition coefficient (Wildman–Crippen LogP) is 1.72. The smallest absolute Gasteiger partial charge is 0.254 e. The first-order valence-corrected chi connectivity index (χ1v) is 7.23. The third-order valence-electron chi connectivity index (χ3n) is 4.27. The number of halogens is 1. The molecule has 108 valence electrons. The minimum atomic E-state index is -0.455. The third kappa shape index (κ3) is 2.63. The number of carbonyl (C=O) groups is 1. The van der Waals surface area contributed by atoms with E-state index in [1.807, 2.05) is 4.90 Å². The van der Waals surface area contributed by atoms with E-state index in [-0.39, 0.29) is 5.91 Å². The van der Waals surface area contributed by atoms with Crippen LogP contribution in [0.4, 0.5) is 10.1 Å². The van der Waals surface area contributed by atoms with Crippen molar-refractivity contribution in [3.05, 3.63) is 29.6 Å². The molecule has 1 atom stereocenters. The summed E-state index contributed by atoms with van der Waals surface area (Å²) >= 11 is 0. The molecule has 2 saturated heterocycles. The zero-order valence-corrected chi connectivity index (χ0v) is 11.5. The van der Waals surface area contributed by atoms with Crippen molar-refractivity contribution >= 4 is 11.6 Å². The van der Waals surface area contributed by atoms with E-state index in [0.29, 0.717) is 17.3 Å². The van der Waals surface area contributed by atoms with Gasteiger partial charge in [-0.05, 0) is 50.6 Å². The summed E-state index contributed by atoms with van der Waals surface area (Å²) in [6.45, 7) is 3.77. The second-order valence-electron chi connectivity index (χ2n) is 5.71. The molecule has 20 heavy (non-hydrogen) atoms. The normalized spacial score (nSPS) is 23.4. The number of hydrogen-bond acceptors (Lipinski definition) is 3. The first kappa shape index (κ1) is 13.4. The van der Waals surface area contributed by atoms with Gasteiger partial charge in [-0.3, -0.25) is 9.69 Å². The molecule has 0 spiro atoms. The molecule has 0 saturated carbocycles. The van der Waals surface area contributed by atoms with Crippen LogP contribution in [0.1, 0.15) is 29.6 Å². The predicted molar refractivity (Wildman–Crippen MR) is 75.9 cm³/mol. The van der Waals surface area contributed by atoms with Crippen LogP contribution in [0.15, 0.2) is 18.2 Å². The van der Waals surface area contributed by atoms with Gasteiger partial charge in [-0.2, -0.15) is 0 Å². The van der Waals surface area contributed by atoms with E-state index in [9.17, 15) is 9.18 Å². The summed E-state index contributed by atoms with van der Waals surface area (Å²) in [4.78, 5) is 16.7. The summed E-state index contributed by atoms with van der Waals surface area (Å²) < 4.78 is 13.3. The fourth-order valence-electron chi connectivity index (χ4n) is 3.25. The van der Waals surface area contributed by atoms with Crippen molar-refractivity contribution < 1.29 is 9.18 Å². The van der Waals surface area contributed by atoms with Gasteiger partial charge >= 0.3 is 0 Å². The fraction of sp³-hybridized carbons (Fsp3) is 0.533. The number of amides is 1. The minimum absolute atomic E-state index is 0.113. The van der Waals surface area contributed by atoms with Crippen LogP contribution in [0, 0.1) is 5.82 Å². The monoisotopic (exact) mass is 277 g/mol. The molecule has 5 heteroatoms. The first-order chi connectivity index (χ1) is 9.63. The Morgan fingerprint density at radius 3 is 2.65 bits per heavy atom. The van der Waals surface area contributed by atoms with Crippen LogP contribution in [0.5, 0.6) is 0 Å². The fourth-order valence-corrected chi connectivity index (χ4v) is 3.25. The molecule has 4 nitrogen and oxygen atoms in total. The van der Waals surface area contributed by atoms with Crippen LogP contribution < -0.4 is 5.73 Å². The maximum Gasteiger partial charge on any atom is 0.254 e. The van der Waals surface area contributed by atoms with E-state index in [1.165, 1.54) is 25.0 Å². The quantitative estimate of drug-likeness (QED) is 0.837. The highest BCUT2D eigenvalue weighted by molar-refractivity contribution is 5.95. The Bertz CT molecular complexity index is 494. The van der Waals surface area contributed by atoms with Gasteiger partial charge in [0.1, 0.15) is 5.82 Å². The lowest BCUT2D eigenvalue weighted by atomic mass is 10.1. The van der Waals surface area contributed by atoms with E-state index in [0.717, 1.165) is 32.6 Å². The molecule has 1 unspecified atom stereocenters. The summed E-state index contributed by atoms with van der Waals surface area (Å²) in [6.07, 6.45) is 3.52. The lowest BCUT2D eigenvalue weighted by Crippen LogP contribution is -2.37. The molecule has 2 N–H and O–H groups in total. The summed E-state index contributed by atoms with van der Waals surface area (Å²) in [5.41, 5.74) is 6.25. The Labute approximate surface area is 118 Å². The number of hydrogen-bond donors (Lipinski definition) is 1. The second-order valence-corrected chi connectivity index (χ2v) is 5.71. The Hall–Kier alpha value is -1.62. The van der Waals surface area contributed by atoms with E-state index < -0.39 is 5.82 Å². The molecule has 1 aromatic carbocycles. The zero-order valence-electron chi connectivity index (χ0n) is 11.5. The Balaban J connectivity index is 1.68. The van der Waals surface area contributed by atoms with Gasteiger partial charge in [-0.1, -0.05) is 0 Å². The van der Waals surface area contributed by atoms with Crippen LogP contribution in [-0.2, 0) is 0 Å². The van der Waals surface area contributed by atoms with Gasteiger partial charge in [-0.25, -0.2) is 4.39 Å². The molecule has 1 amide bonds. The maximum absolute atomic E-state index is 13.3. The van der Waals surface area contributed by atoms with Crippen LogP contribution in [0.2, 0.25) is 0 Å². The van der Waals surface area contributed by atoms with Crippen molar-refractivity contribution in [1.29, 1.82) is 0 Å². The van der Waals surface area contributed by atoms with Gasteiger partial charge in [0, 0.05) is 30.4 Å². The molecule has 2 aliphatic rings. The van der Waals surface area contributed by atoms with E-state index in [1.54, 1.807) is 6.07 Å². The molecule has 0 bridgehead atoms. The molecule has 2 fully saturated rings. The number of rotatable bonds is 2. The van der Waals surface area contributed by atoms with Gasteiger partial charge in [-0.15, -0.1) is 0 Å². The summed E-state index contributed by atoms with van der Waals surface area (Å²) in [5.74, 6) is -0.568. The number of nitrogen functional groups attached to an aromatic ring is 1. The van der Waals surface area contributed by atoms with Gasteiger partial charge in [0.2, 0.25) is 0 Å². The lowest BCUT2D eigenvalue weighted by Gasteiger charge is -2.23. The van der Waals surface area contributed by atoms with Gasteiger partial charge in [0.15, 0.2) is 0 Å². The molecular weight excluding hydrogens is 257 g/mol. The SMILES string of the molecule is Nc1cc(F)cc(C(=O)N2CCC(N3CCCC3)C2)c1. The number of likely N-dealkylation sites (tertiary alicyclic amines) is 2. The highest BCUT2D eigenvalue weighted by atomic mass is 19.1. The third-order valence-corrected chi connectivity index (χ3v) is 4.27. The maximum atomic E-state index is 13.3. The molecular formula is C15H20FN3O. The number of nitrogens with two attached hydrogens (primary N) is 1. The highest BCUT2D eigenvalue weighted by Crippen LogP contribution is 2.22. The topological polar surface area (TPSA) is 49.6 Å². The van der Waals surface area contributed by atoms with Crippen molar-refractivity contribution in [3.63, 3.8) is 0 Å². The Morgan fingerprint density at radius 1 is 1.20 bits per heavy atom. The molecule has 2 heterocycles. The van der Waals surface area contributed by atoms with Crippen molar-refractivity contribution in [2.75, 3.05) is 31.9 Å². The van der Waals surface area contributed by atoms with E-state index in [4.69, 9.17) is 5.73 Å². The first-order valence-electron chi connectivity index (χ1n) is 7.23. The van der Waals surface area contributed by atoms with Crippen LogP contribution in [0.3, 0.4) is 0 Å². The number of carbonyl (C=O) groups excluding carboxylic acids is 1. The van der Waals surface area contributed by atoms with Crippen molar-refractivity contribution in [2.45, 2.75) is 25.3 Å². The zero-order chi connectivity index (χ0) is 14.1. The number of nitrogens with zero attached hydrogens (tertiary/aromatic N) is 2. The molecule has 2 aliphatic heterocycles. The van der Waals surface area contributed by atoms with Crippen molar-refractivity contribution in [2.24, 2.45) is 0 Å². The number of anilines is 1. The largest absolute Gasteiger partial charge is 0.399 e. The van der Waals surface area contributed by atoms with Crippen LogP contribution in [0.25, 0.3) is 0 Å². The Kier molecular flexibility index (Phi) is 3.61. The molecule has 0 radical (unpaired) electrons. The lowest BCUT2D eigenvalue weighted by molar-refractivity contribution is 0.0779. The summed E-state index contributed by atoms with van der Waals surface area (Å²) in [5, 5.41) is 0. The number of benzene rings is 1. The molecule has 1 aromatic rings. The van der Waals surface area contributed by atoms with E-state index >= 15 is 0 Å². The Morgan fingerprint density at radius 2 is 1.95 bits per heavy atom. The van der Waals surface area contributed by atoms with Crippen molar-refractivity contribution in [1.82, 2.24) is 9.80 Å². The average Bonchev–Trinajstić information content (AvgIpc) is 3.07. The highest BCUT2D eigenvalue weighted by Gasteiger charge is 2.32. The molecule has 0 aliphatic carbocycles. The average molecular weight is 277 g/mol. The van der Waals surface area contributed by atoms with E-state index in [2.05, 4.69) is 4.90 Å². The van der Waals surface area contributed by atoms with Crippen LogP contribution >= 0.6 is 0 Å². The second kappa shape index (κ2) is 5.40. The summed E-state index contributed by atoms with van der Waals surface area (Å²) in [7, 11) is 0.